The van der Waals surface area contributed by atoms with Crippen LogP contribution in [0.2, 0.25) is 0 Å². The molecule has 11 heavy (non-hydrogen) atoms. The highest BCUT2D eigenvalue weighted by atomic mass is 32.2. The predicted octanol–water partition coefficient (Wildman–Crippen LogP) is 2.50. The molecular weight excluding hydrogens is 154 g/mol. The highest BCUT2D eigenvalue weighted by molar-refractivity contribution is 8.00. The van der Waals surface area contributed by atoms with E-state index < -0.39 is 0 Å². The molecule has 0 rings (SSSR count). The molecule has 0 aromatic heterocycles. The lowest BCUT2D eigenvalue weighted by atomic mass is 10.2. The number of rotatable bonds is 5. The number of hydrogen-bond acceptors (Lipinski definition) is 2. The number of thioether (sulfide) groups is 1. The summed E-state index contributed by atoms with van der Waals surface area (Å²) >= 11 is 2.03. The lowest BCUT2D eigenvalue weighted by Gasteiger charge is -2.20. The zero-order valence-electron chi connectivity index (χ0n) is 8.13. The molecule has 2 heteroatoms. The highest BCUT2D eigenvalue weighted by Crippen LogP contribution is 2.24. The average molecular weight is 175 g/mol. The Hall–Kier alpha value is 0.310. The van der Waals surface area contributed by atoms with Gasteiger partial charge >= 0.3 is 0 Å². The average Bonchev–Trinajstić information content (AvgIpc) is 1.99. The number of hydrogen-bond donors (Lipinski definition) is 1. The summed E-state index contributed by atoms with van der Waals surface area (Å²) in [5, 5.41) is 1.40. The van der Waals surface area contributed by atoms with E-state index in [1.807, 2.05) is 11.8 Å². The van der Waals surface area contributed by atoms with Crippen molar-refractivity contribution in [2.45, 2.75) is 44.6 Å². The third kappa shape index (κ3) is 4.70. The van der Waals surface area contributed by atoms with Crippen molar-refractivity contribution < 1.29 is 0 Å². The van der Waals surface area contributed by atoms with Crippen LogP contribution in [-0.2, 0) is 0 Å². The van der Waals surface area contributed by atoms with E-state index in [-0.39, 0.29) is 0 Å². The Morgan fingerprint density at radius 3 is 2.09 bits per heavy atom. The standard InChI is InChI=1S/C9H21NS/c1-5-9(6-10)11-8(4)7(2)3/h7-9H,5-6,10H2,1-4H3. The van der Waals surface area contributed by atoms with Gasteiger partial charge in [0.2, 0.25) is 0 Å². The van der Waals surface area contributed by atoms with E-state index in [1.165, 1.54) is 6.42 Å². The normalized spacial score (nSPS) is 16.9. The fourth-order valence-electron chi connectivity index (χ4n) is 0.779. The molecule has 0 aliphatic rings. The van der Waals surface area contributed by atoms with Crippen LogP contribution in [0.3, 0.4) is 0 Å². The van der Waals surface area contributed by atoms with E-state index >= 15 is 0 Å². The molecule has 0 bridgehead atoms. The maximum absolute atomic E-state index is 5.61. The van der Waals surface area contributed by atoms with Crippen molar-refractivity contribution in [2.24, 2.45) is 11.7 Å². The minimum Gasteiger partial charge on any atom is -0.329 e. The summed E-state index contributed by atoms with van der Waals surface area (Å²) in [6, 6.07) is 0. The van der Waals surface area contributed by atoms with Crippen molar-refractivity contribution in [2.75, 3.05) is 6.54 Å². The lowest BCUT2D eigenvalue weighted by Crippen LogP contribution is -2.20. The summed E-state index contributed by atoms with van der Waals surface area (Å²) in [5.74, 6) is 0.764. The Kier molecular flexibility index (Phi) is 6.06. The third-order valence-corrected chi connectivity index (χ3v) is 3.95. The van der Waals surface area contributed by atoms with Gasteiger partial charge in [-0.15, -0.1) is 0 Å². The molecular formula is C9H21NS. The molecule has 0 radical (unpaired) electrons. The van der Waals surface area contributed by atoms with Crippen LogP contribution in [-0.4, -0.2) is 17.0 Å². The Bertz CT molecular complexity index is 89.6. The van der Waals surface area contributed by atoms with Crippen LogP contribution in [0.4, 0.5) is 0 Å². The molecule has 0 fully saturated rings. The van der Waals surface area contributed by atoms with E-state index in [2.05, 4.69) is 27.7 Å². The molecule has 0 spiro atoms. The minimum absolute atomic E-state index is 0.660. The number of nitrogens with two attached hydrogens (primary N) is 1. The topological polar surface area (TPSA) is 26.0 Å². The predicted molar refractivity (Wildman–Crippen MR) is 55.0 cm³/mol. The highest BCUT2D eigenvalue weighted by Gasteiger charge is 2.12. The first-order valence-electron chi connectivity index (χ1n) is 4.47. The van der Waals surface area contributed by atoms with Crippen molar-refractivity contribution in [3.05, 3.63) is 0 Å². The zero-order chi connectivity index (χ0) is 8.85. The summed E-state index contributed by atoms with van der Waals surface area (Å²) in [6.07, 6.45) is 1.19. The fraction of sp³-hybridized carbons (Fsp3) is 1.00. The summed E-state index contributed by atoms with van der Waals surface area (Å²) in [5.41, 5.74) is 5.61. The second kappa shape index (κ2) is 5.90. The van der Waals surface area contributed by atoms with Gasteiger partial charge in [0.25, 0.3) is 0 Å². The van der Waals surface area contributed by atoms with Crippen LogP contribution < -0.4 is 5.73 Å². The van der Waals surface area contributed by atoms with Crippen molar-refractivity contribution in [1.82, 2.24) is 0 Å². The van der Waals surface area contributed by atoms with E-state index in [0.717, 1.165) is 17.7 Å². The van der Waals surface area contributed by atoms with Gasteiger partial charge in [-0.3, -0.25) is 0 Å². The Morgan fingerprint density at radius 1 is 1.27 bits per heavy atom. The molecule has 68 valence electrons. The molecule has 0 aliphatic carbocycles. The quantitative estimate of drug-likeness (QED) is 0.695. The summed E-state index contributed by atoms with van der Waals surface area (Å²) in [7, 11) is 0. The van der Waals surface area contributed by atoms with Crippen molar-refractivity contribution in [1.29, 1.82) is 0 Å². The molecule has 1 nitrogen and oxygen atoms in total. The van der Waals surface area contributed by atoms with Gasteiger partial charge in [0.15, 0.2) is 0 Å². The van der Waals surface area contributed by atoms with Gasteiger partial charge in [0, 0.05) is 17.0 Å². The van der Waals surface area contributed by atoms with Gasteiger partial charge in [-0.1, -0.05) is 27.7 Å². The van der Waals surface area contributed by atoms with Crippen LogP contribution in [0, 0.1) is 5.92 Å². The van der Waals surface area contributed by atoms with Gasteiger partial charge in [-0.2, -0.15) is 11.8 Å². The third-order valence-electron chi connectivity index (χ3n) is 2.06. The summed E-state index contributed by atoms with van der Waals surface area (Å²) in [6.45, 7) is 9.84. The van der Waals surface area contributed by atoms with E-state index in [0.29, 0.717) is 5.25 Å². The summed E-state index contributed by atoms with van der Waals surface area (Å²) in [4.78, 5) is 0. The van der Waals surface area contributed by atoms with Crippen LogP contribution in [0.25, 0.3) is 0 Å². The molecule has 2 unspecified atom stereocenters. The maximum atomic E-state index is 5.61. The van der Waals surface area contributed by atoms with E-state index in [1.54, 1.807) is 0 Å². The summed E-state index contributed by atoms with van der Waals surface area (Å²) < 4.78 is 0. The van der Waals surface area contributed by atoms with Crippen molar-refractivity contribution in [3.63, 3.8) is 0 Å². The fourth-order valence-corrected chi connectivity index (χ4v) is 2.00. The van der Waals surface area contributed by atoms with Gasteiger partial charge in [-0.05, 0) is 12.3 Å². The first kappa shape index (κ1) is 11.3. The van der Waals surface area contributed by atoms with Crippen molar-refractivity contribution in [3.8, 4) is 0 Å². The molecule has 2 N–H and O–H groups in total. The maximum Gasteiger partial charge on any atom is 0.0170 e. The monoisotopic (exact) mass is 175 g/mol. The van der Waals surface area contributed by atoms with Crippen LogP contribution >= 0.6 is 11.8 Å². The molecule has 0 saturated carbocycles. The molecule has 0 amide bonds. The van der Waals surface area contributed by atoms with E-state index in [9.17, 15) is 0 Å². The second-order valence-electron chi connectivity index (χ2n) is 3.35. The zero-order valence-corrected chi connectivity index (χ0v) is 8.95. The van der Waals surface area contributed by atoms with Gasteiger partial charge in [0.1, 0.15) is 0 Å². The molecule has 0 aromatic carbocycles. The molecule has 0 aliphatic heterocycles. The molecule has 2 atom stereocenters. The van der Waals surface area contributed by atoms with Gasteiger partial charge in [-0.25, -0.2) is 0 Å². The van der Waals surface area contributed by atoms with E-state index in [4.69, 9.17) is 5.73 Å². The Morgan fingerprint density at radius 2 is 1.82 bits per heavy atom. The van der Waals surface area contributed by atoms with Gasteiger partial charge in [0.05, 0.1) is 0 Å². The first-order chi connectivity index (χ1) is 5.11. The minimum atomic E-state index is 0.660. The van der Waals surface area contributed by atoms with Crippen LogP contribution in [0.1, 0.15) is 34.1 Å². The molecule has 0 heterocycles. The molecule has 0 aromatic rings. The molecule has 0 saturated heterocycles. The van der Waals surface area contributed by atoms with Crippen LogP contribution in [0.15, 0.2) is 0 Å². The second-order valence-corrected chi connectivity index (χ2v) is 5.03. The first-order valence-corrected chi connectivity index (χ1v) is 5.41. The largest absolute Gasteiger partial charge is 0.329 e. The SMILES string of the molecule is CCC(CN)SC(C)C(C)C. The Balaban J connectivity index is 3.62. The van der Waals surface area contributed by atoms with Crippen LogP contribution in [0.5, 0.6) is 0 Å². The Labute approximate surface area is 75.1 Å². The smallest absolute Gasteiger partial charge is 0.0170 e. The van der Waals surface area contributed by atoms with Gasteiger partial charge < -0.3 is 5.73 Å². The van der Waals surface area contributed by atoms with Crippen molar-refractivity contribution >= 4 is 11.8 Å². The lowest BCUT2D eigenvalue weighted by molar-refractivity contribution is 0.637.